The summed E-state index contributed by atoms with van der Waals surface area (Å²) in [6.07, 6.45) is 0.642. The Kier molecular flexibility index (Phi) is 3.82. The first-order valence-corrected chi connectivity index (χ1v) is 6.21. The molecule has 86 valence electrons. The van der Waals surface area contributed by atoms with Crippen LogP contribution in [0.3, 0.4) is 0 Å². The predicted molar refractivity (Wildman–Crippen MR) is 66.7 cm³/mol. The third kappa shape index (κ3) is 2.53. The first kappa shape index (κ1) is 13.0. The summed E-state index contributed by atoms with van der Waals surface area (Å²) in [6.45, 7) is 6.16. The van der Waals surface area contributed by atoms with Gasteiger partial charge in [0.2, 0.25) is 0 Å². The quantitative estimate of drug-likeness (QED) is 0.860. The Morgan fingerprint density at radius 3 is 2.40 bits per heavy atom. The largest absolute Gasteiger partial charge is 0.396 e. The maximum Gasteiger partial charge on any atom is 0.0931 e. The van der Waals surface area contributed by atoms with E-state index in [2.05, 4.69) is 6.92 Å². The van der Waals surface area contributed by atoms with Crippen molar-refractivity contribution in [2.45, 2.75) is 38.1 Å². The highest BCUT2D eigenvalue weighted by Crippen LogP contribution is 2.39. The van der Waals surface area contributed by atoms with Gasteiger partial charge in [-0.2, -0.15) is 0 Å². The van der Waals surface area contributed by atoms with Crippen molar-refractivity contribution in [3.63, 3.8) is 0 Å². The Morgan fingerprint density at radius 1 is 1.47 bits per heavy atom. The Hall–Kier alpha value is -0.0900. The summed E-state index contributed by atoms with van der Waals surface area (Å²) < 4.78 is 0.762. The summed E-state index contributed by atoms with van der Waals surface area (Å²) in [6, 6.07) is 1.94. The summed E-state index contributed by atoms with van der Waals surface area (Å²) in [5.41, 5.74) is 6.67. The van der Waals surface area contributed by atoms with Gasteiger partial charge in [-0.05, 0) is 37.3 Å². The molecule has 0 saturated carbocycles. The minimum Gasteiger partial charge on any atom is -0.396 e. The van der Waals surface area contributed by atoms with Crippen molar-refractivity contribution < 1.29 is 5.11 Å². The number of halogens is 1. The molecular formula is C11H18ClNOS. The van der Waals surface area contributed by atoms with Crippen LogP contribution in [0, 0.1) is 0 Å². The molecule has 0 fully saturated rings. The SMILES string of the molecule is CC(C)(N)C(C)(CCO)c1csc(Cl)c1. The van der Waals surface area contributed by atoms with Crippen LogP contribution in [0.5, 0.6) is 0 Å². The van der Waals surface area contributed by atoms with Crippen LogP contribution in [0.25, 0.3) is 0 Å². The number of rotatable bonds is 4. The normalized spacial score (nSPS) is 16.4. The second-order valence-electron chi connectivity index (χ2n) is 4.67. The van der Waals surface area contributed by atoms with E-state index in [1.54, 1.807) is 0 Å². The topological polar surface area (TPSA) is 46.2 Å². The van der Waals surface area contributed by atoms with Gasteiger partial charge in [0.1, 0.15) is 0 Å². The summed E-state index contributed by atoms with van der Waals surface area (Å²) in [7, 11) is 0. The average molecular weight is 248 g/mol. The van der Waals surface area contributed by atoms with Crippen molar-refractivity contribution >= 4 is 22.9 Å². The lowest BCUT2D eigenvalue weighted by molar-refractivity contribution is 0.191. The van der Waals surface area contributed by atoms with Crippen molar-refractivity contribution in [2.24, 2.45) is 5.73 Å². The molecule has 0 amide bonds. The summed E-state index contributed by atoms with van der Waals surface area (Å²) in [5.74, 6) is 0. The van der Waals surface area contributed by atoms with Crippen molar-refractivity contribution in [3.05, 3.63) is 21.3 Å². The number of hydrogen-bond donors (Lipinski definition) is 2. The molecule has 0 aliphatic carbocycles. The lowest BCUT2D eigenvalue weighted by Crippen LogP contribution is -2.52. The molecule has 0 bridgehead atoms. The van der Waals surface area contributed by atoms with Crippen LogP contribution in [0.15, 0.2) is 11.4 Å². The number of hydrogen-bond acceptors (Lipinski definition) is 3. The van der Waals surface area contributed by atoms with Gasteiger partial charge in [0, 0.05) is 17.6 Å². The molecule has 0 aromatic carbocycles. The van der Waals surface area contributed by atoms with Crippen LogP contribution < -0.4 is 5.73 Å². The molecule has 0 radical (unpaired) electrons. The molecule has 2 nitrogen and oxygen atoms in total. The maximum absolute atomic E-state index is 9.15. The van der Waals surface area contributed by atoms with Crippen molar-refractivity contribution in [1.29, 1.82) is 0 Å². The van der Waals surface area contributed by atoms with E-state index >= 15 is 0 Å². The van der Waals surface area contributed by atoms with Crippen LogP contribution in [0.4, 0.5) is 0 Å². The van der Waals surface area contributed by atoms with Gasteiger partial charge in [-0.15, -0.1) is 11.3 Å². The van der Waals surface area contributed by atoms with E-state index in [4.69, 9.17) is 22.4 Å². The molecule has 1 atom stereocenters. The molecule has 1 heterocycles. The minimum absolute atomic E-state index is 0.130. The lowest BCUT2D eigenvalue weighted by atomic mass is 9.67. The van der Waals surface area contributed by atoms with Gasteiger partial charge in [0.05, 0.1) is 4.34 Å². The van der Waals surface area contributed by atoms with Crippen LogP contribution in [0.2, 0.25) is 4.34 Å². The third-order valence-electron chi connectivity index (χ3n) is 3.24. The second-order valence-corrected chi connectivity index (χ2v) is 6.21. The number of aliphatic hydroxyl groups excluding tert-OH is 1. The van der Waals surface area contributed by atoms with E-state index in [1.165, 1.54) is 11.3 Å². The third-order valence-corrected chi connectivity index (χ3v) is 4.33. The lowest BCUT2D eigenvalue weighted by Gasteiger charge is -2.41. The molecule has 0 aliphatic heterocycles. The smallest absolute Gasteiger partial charge is 0.0931 e. The standard InChI is InChI=1S/C11H18ClNOS/c1-10(2,13)11(3,4-5-14)8-6-9(12)15-7-8/h6-7,14H,4-5,13H2,1-3H3. The number of thiophene rings is 1. The van der Waals surface area contributed by atoms with E-state index in [0.717, 1.165) is 9.90 Å². The number of nitrogens with two attached hydrogens (primary N) is 1. The minimum atomic E-state index is -0.389. The van der Waals surface area contributed by atoms with Crippen LogP contribution in [-0.2, 0) is 5.41 Å². The molecule has 1 aromatic rings. The van der Waals surface area contributed by atoms with Gasteiger partial charge in [0.25, 0.3) is 0 Å². The zero-order valence-electron chi connectivity index (χ0n) is 9.38. The van der Waals surface area contributed by atoms with E-state index in [1.807, 2.05) is 25.3 Å². The molecule has 0 aliphatic rings. The maximum atomic E-state index is 9.15. The zero-order valence-corrected chi connectivity index (χ0v) is 11.0. The fourth-order valence-corrected chi connectivity index (χ4v) is 2.68. The molecule has 1 unspecified atom stereocenters. The summed E-state index contributed by atoms with van der Waals surface area (Å²) >= 11 is 7.43. The van der Waals surface area contributed by atoms with Gasteiger partial charge in [-0.3, -0.25) is 0 Å². The van der Waals surface area contributed by atoms with E-state index < -0.39 is 0 Å². The summed E-state index contributed by atoms with van der Waals surface area (Å²) in [5, 5.41) is 11.2. The van der Waals surface area contributed by atoms with Gasteiger partial charge < -0.3 is 10.8 Å². The van der Waals surface area contributed by atoms with Crippen LogP contribution in [0.1, 0.15) is 32.8 Å². The fraction of sp³-hybridized carbons (Fsp3) is 0.636. The number of aliphatic hydroxyl groups is 1. The first-order chi connectivity index (χ1) is 6.81. The van der Waals surface area contributed by atoms with Gasteiger partial charge in [-0.1, -0.05) is 18.5 Å². The highest BCUT2D eigenvalue weighted by atomic mass is 35.5. The zero-order chi connectivity index (χ0) is 11.7. The molecular weight excluding hydrogens is 230 g/mol. The Bertz CT molecular complexity index is 332. The predicted octanol–water partition coefficient (Wildman–Crippen LogP) is 2.78. The Labute approximate surface area is 100 Å². The van der Waals surface area contributed by atoms with Gasteiger partial charge in [0.15, 0.2) is 0 Å². The highest BCUT2D eigenvalue weighted by molar-refractivity contribution is 7.14. The van der Waals surface area contributed by atoms with Crippen LogP contribution in [-0.4, -0.2) is 17.3 Å². The molecule has 0 saturated heterocycles. The average Bonchev–Trinajstić information content (AvgIpc) is 2.50. The van der Waals surface area contributed by atoms with Crippen LogP contribution >= 0.6 is 22.9 Å². The van der Waals surface area contributed by atoms with Gasteiger partial charge in [-0.25, -0.2) is 0 Å². The Balaban J connectivity index is 3.12. The van der Waals surface area contributed by atoms with E-state index in [9.17, 15) is 0 Å². The van der Waals surface area contributed by atoms with Crippen molar-refractivity contribution in [2.75, 3.05) is 6.61 Å². The van der Waals surface area contributed by atoms with Crippen molar-refractivity contribution in [3.8, 4) is 0 Å². The summed E-state index contributed by atoms with van der Waals surface area (Å²) in [4.78, 5) is 0. The molecule has 3 N–H and O–H groups in total. The molecule has 0 spiro atoms. The molecule has 1 aromatic heterocycles. The fourth-order valence-electron chi connectivity index (χ4n) is 1.66. The van der Waals surface area contributed by atoms with Gasteiger partial charge >= 0.3 is 0 Å². The van der Waals surface area contributed by atoms with E-state index in [0.29, 0.717) is 6.42 Å². The molecule has 4 heteroatoms. The van der Waals surface area contributed by atoms with E-state index in [-0.39, 0.29) is 17.6 Å². The molecule has 1 rings (SSSR count). The highest BCUT2D eigenvalue weighted by Gasteiger charge is 2.39. The monoisotopic (exact) mass is 247 g/mol. The van der Waals surface area contributed by atoms with Crippen molar-refractivity contribution in [1.82, 2.24) is 0 Å². The Morgan fingerprint density at radius 2 is 2.07 bits per heavy atom. The molecule has 15 heavy (non-hydrogen) atoms. The second kappa shape index (κ2) is 4.42. The first-order valence-electron chi connectivity index (χ1n) is 4.95.